The number of rotatable bonds is 1. The molecule has 4 fully saturated rings. The molecule has 0 aromatic carbocycles. The van der Waals surface area contributed by atoms with E-state index in [0.29, 0.717) is 5.92 Å². The van der Waals surface area contributed by atoms with Crippen LogP contribution in [0, 0.1) is 41.9 Å². The zero-order valence-corrected chi connectivity index (χ0v) is 11.9. The van der Waals surface area contributed by atoms with Gasteiger partial charge in [-0.05, 0) is 74.3 Å². The SMILES string of the molecule is Cc1cc(C2C3CC4CC(C3)CC2C4)[nH]c(=O)c1C#N. The van der Waals surface area contributed by atoms with Crippen molar-refractivity contribution in [1.29, 1.82) is 5.26 Å². The summed E-state index contributed by atoms with van der Waals surface area (Å²) in [5, 5.41) is 9.03. The van der Waals surface area contributed by atoms with Gasteiger partial charge in [-0.2, -0.15) is 5.26 Å². The van der Waals surface area contributed by atoms with Crippen molar-refractivity contribution in [2.75, 3.05) is 0 Å². The normalized spacial score (nSPS) is 37.9. The molecule has 3 heteroatoms. The number of H-pyrrole nitrogens is 1. The average Bonchev–Trinajstić information content (AvgIpc) is 2.37. The second-order valence-corrected chi connectivity index (χ2v) is 7.18. The fraction of sp³-hybridized carbons (Fsp3) is 0.647. The van der Waals surface area contributed by atoms with E-state index in [1.165, 1.54) is 32.1 Å². The fourth-order valence-electron chi connectivity index (χ4n) is 5.47. The quantitative estimate of drug-likeness (QED) is 0.851. The van der Waals surface area contributed by atoms with Gasteiger partial charge in [0.15, 0.2) is 0 Å². The second kappa shape index (κ2) is 4.22. The van der Waals surface area contributed by atoms with E-state index in [9.17, 15) is 4.79 Å². The van der Waals surface area contributed by atoms with E-state index in [-0.39, 0.29) is 11.1 Å². The van der Waals surface area contributed by atoms with Crippen LogP contribution < -0.4 is 5.56 Å². The molecule has 0 amide bonds. The van der Waals surface area contributed by atoms with Crippen molar-refractivity contribution in [3.05, 3.63) is 33.2 Å². The number of nitrogens with zero attached hydrogens (tertiary/aromatic N) is 1. The molecule has 4 saturated carbocycles. The van der Waals surface area contributed by atoms with E-state index in [0.717, 1.165) is 34.9 Å². The number of pyridine rings is 1. The topological polar surface area (TPSA) is 56.6 Å². The molecule has 0 unspecified atom stereocenters. The number of aromatic amines is 1. The van der Waals surface area contributed by atoms with Gasteiger partial charge in [-0.15, -0.1) is 0 Å². The van der Waals surface area contributed by atoms with Crippen LogP contribution in [0.1, 0.15) is 54.8 Å². The van der Waals surface area contributed by atoms with E-state index in [1.54, 1.807) is 0 Å². The highest BCUT2D eigenvalue weighted by Crippen LogP contribution is 2.59. The van der Waals surface area contributed by atoms with Gasteiger partial charge < -0.3 is 4.98 Å². The minimum atomic E-state index is -0.198. The van der Waals surface area contributed by atoms with Gasteiger partial charge in [0, 0.05) is 11.6 Å². The summed E-state index contributed by atoms with van der Waals surface area (Å²) in [4.78, 5) is 15.1. The van der Waals surface area contributed by atoms with Crippen LogP contribution in [0.25, 0.3) is 0 Å². The van der Waals surface area contributed by atoms with Gasteiger partial charge in [-0.3, -0.25) is 4.79 Å². The summed E-state index contributed by atoms with van der Waals surface area (Å²) in [7, 11) is 0. The van der Waals surface area contributed by atoms with Crippen molar-refractivity contribution in [1.82, 2.24) is 4.98 Å². The number of nitriles is 1. The van der Waals surface area contributed by atoms with Crippen molar-refractivity contribution in [2.24, 2.45) is 23.7 Å². The highest BCUT2D eigenvalue weighted by Gasteiger charge is 2.48. The molecule has 0 spiro atoms. The average molecular weight is 268 g/mol. The molecule has 1 N–H and O–H groups in total. The third-order valence-corrected chi connectivity index (χ3v) is 5.95. The maximum Gasteiger partial charge on any atom is 0.266 e. The lowest BCUT2D eigenvalue weighted by atomic mass is 9.51. The van der Waals surface area contributed by atoms with Crippen LogP contribution >= 0.6 is 0 Å². The van der Waals surface area contributed by atoms with Crippen molar-refractivity contribution in [3.8, 4) is 6.07 Å². The Morgan fingerprint density at radius 1 is 1.15 bits per heavy atom. The number of hydrogen-bond acceptors (Lipinski definition) is 2. The van der Waals surface area contributed by atoms with Crippen LogP contribution in [-0.4, -0.2) is 4.98 Å². The summed E-state index contributed by atoms with van der Waals surface area (Å²) in [5.74, 6) is 3.94. The van der Waals surface area contributed by atoms with E-state index in [2.05, 4.69) is 11.1 Å². The van der Waals surface area contributed by atoms with Gasteiger partial charge in [0.1, 0.15) is 11.6 Å². The molecule has 4 bridgehead atoms. The Bertz CT molecular complexity index is 624. The molecule has 4 aliphatic rings. The molecule has 20 heavy (non-hydrogen) atoms. The van der Waals surface area contributed by atoms with Crippen LogP contribution in [0.5, 0.6) is 0 Å². The maximum atomic E-state index is 12.0. The summed E-state index contributed by atoms with van der Waals surface area (Å²) in [6, 6.07) is 4.08. The standard InChI is InChI=1S/C17H20N2O/c1-9-2-15(19-17(20)14(9)8-18)16-12-4-10-3-11(6-12)7-13(16)5-10/h2,10-13,16H,3-7H2,1H3,(H,19,20). The van der Waals surface area contributed by atoms with Gasteiger partial charge in [-0.1, -0.05) is 0 Å². The molecule has 5 rings (SSSR count). The molecule has 0 saturated heterocycles. The van der Waals surface area contributed by atoms with Crippen molar-refractivity contribution in [2.45, 2.75) is 44.9 Å². The van der Waals surface area contributed by atoms with Crippen molar-refractivity contribution >= 4 is 0 Å². The van der Waals surface area contributed by atoms with Gasteiger partial charge >= 0.3 is 0 Å². The first-order chi connectivity index (χ1) is 9.65. The van der Waals surface area contributed by atoms with E-state index in [4.69, 9.17) is 5.26 Å². The maximum absolute atomic E-state index is 12.0. The monoisotopic (exact) mass is 268 g/mol. The molecule has 1 aromatic rings. The van der Waals surface area contributed by atoms with Crippen LogP contribution in [0.2, 0.25) is 0 Å². The molecule has 0 atom stereocenters. The first kappa shape index (κ1) is 12.2. The third kappa shape index (κ3) is 1.67. The molecule has 3 nitrogen and oxygen atoms in total. The summed E-state index contributed by atoms with van der Waals surface area (Å²) in [6.45, 7) is 1.88. The summed E-state index contributed by atoms with van der Waals surface area (Å²) < 4.78 is 0. The number of aromatic nitrogens is 1. The molecular weight excluding hydrogens is 248 g/mol. The van der Waals surface area contributed by atoms with Crippen LogP contribution in [0.4, 0.5) is 0 Å². The summed E-state index contributed by atoms with van der Waals surface area (Å²) >= 11 is 0. The van der Waals surface area contributed by atoms with Gasteiger partial charge in [-0.25, -0.2) is 0 Å². The first-order valence-electron chi connectivity index (χ1n) is 7.79. The molecular formula is C17H20N2O. The predicted octanol–water partition coefficient (Wildman–Crippen LogP) is 3.09. The minimum Gasteiger partial charge on any atom is -0.325 e. The van der Waals surface area contributed by atoms with Gasteiger partial charge in [0.05, 0.1) is 0 Å². The van der Waals surface area contributed by atoms with Gasteiger partial charge in [0.25, 0.3) is 5.56 Å². The molecule has 0 radical (unpaired) electrons. The minimum absolute atomic E-state index is 0.198. The third-order valence-electron chi connectivity index (χ3n) is 5.95. The molecule has 104 valence electrons. The second-order valence-electron chi connectivity index (χ2n) is 7.18. The molecule has 0 aliphatic heterocycles. The van der Waals surface area contributed by atoms with E-state index in [1.807, 2.05) is 13.0 Å². The molecule has 1 aromatic heterocycles. The van der Waals surface area contributed by atoms with Crippen molar-refractivity contribution in [3.63, 3.8) is 0 Å². The Morgan fingerprint density at radius 3 is 2.25 bits per heavy atom. The Labute approximate surface area is 119 Å². The van der Waals surface area contributed by atoms with Crippen LogP contribution in [0.3, 0.4) is 0 Å². The van der Waals surface area contributed by atoms with E-state index < -0.39 is 0 Å². The van der Waals surface area contributed by atoms with Crippen LogP contribution in [0.15, 0.2) is 10.9 Å². The first-order valence-corrected chi connectivity index (χ1v) is 7.79. The fourth-order valence-corrected chi connectivity index (χ4v) is 5.47. The molecule has 4 aliphatic carbocycles. The predicted molar refractivity (Wildman–Crippen MR) is 76.3 cm³/mol. The highest BCUT2D eigenvalue weighted by molar-refractivity contribution is 5.36. The largest absolute Gasteiger partial charge is 0.325 e. The van der Waals surface area contributed by atoms with Gasteiger partial charge in [0.2, 0.25) is 0 Å². The Kier molecular flexibility index (Phi) is 2.57. The number of nitrogens with one attached hydrogen (secondary N) is 1. The smallest absolute Gasteiger partial charge is 0.266 e. The number of aryl methyl sites for hydroxylation is 1. The zero-order chi connectivity index (χ0) is 13.9. The number of hydrogen-bond donors (Lipinski definition) is 1. The zero-order valence-electron chi connectivity index (χ0n) is 11.9. The lowest BCUT2D eigenvalue weighted by Gasteiger charge is -2.54. The van der Waals surface area contributed by atoms with Crippen molar-refractivity contribution < 1.29 is 0 Å². The summed E-state index contributed by atoms with van der Waals surface area (Å²) in [6.07, 6.45) is 6.83. The van der Waals surface area contributed by atoms with Crippen LogP contribution in [-0.2, 0) is 0 Å². The highest BCUT2D eigenvalue weighted by atomic mass is 16.1. The Morgan fingerprint density at radius 2 is 1.75 bits per heavy atom. The summed E-state index contributed by atoms with van der Waals surface area (Å²) in [5.41, 5.74) is 2.01. The Hall–Kier alpha value is -1.56. The van der Waals surface area contributed by atoms with E-state index >= 15 is 0 Å². The Balaban J connectivity index is 1.75. The lowest BCUT2D eigenvalue weighted by molar-refractivity contribution is -0.00423. The lowest BCUT2D eigenvalue weighted by Crippen LogP contribution is -2.44. The molecule has 1 heterocycles.